The molecule has 1 spiro atoms. The lowest BCUT2D eigenvalue weighted by molar-refractivity contribution is -0.139. The van der Waals surface area contributed by atoms with Crippen molar-refractivity contribution < 1.29 is 41.7 Å². The molecule has 50 heavy (non-hydrogen) atoms. The minimum absolute atomic E-state index is 0.00725. The number of halogens is 1. The van der Waals surface area contributed by atoms with Gasteiger partial charge in [-0.25, -0.2) is 17.9 Å². The molecule has 7 rings (SSSR count). The Morgan fingerprint density at radius 2 is 1.86 bits per heavy atom. The molecule has 1 aliphatic carbocycles. The second kappa shape index (κ2) is 13.9. The molecule has 14 heteroatoms. The highest BCUT2D eigenvalue weighted by Gasteiger charge is 2.46. The van der Waals surface area contributed by atoms with Gasteiger partial charge in [-0.05, 0) is 88.3 Å². The molecule has 0 radical (unpaired) electrons. The van der Waals surface area contributed by atoms with Crippen molar-refractivity contribution in [2.45, 2.75) is 74.0 Å². The van der Waals surface area contributed by atoms with Gasteiger partial charge in [0, 0.05) is 48.8 Å². The molecule has 0 aromatic heterocycles. The fourth-order valence-electron chi connectivity index (χ4n) is 7.56. The van der Waals surface area contributed by atoms with Crippen LogP contribution in [0.2, 0.25) is 5.02 Å². The van der Waals surface area contributed by atoms with E-state index in [2.05, 4.69) is 14.9 Å². The maximum absolute atomic E-state index is 13.6. The van der Waals surface area contributed by atoms with E-state index in [1.807, 2.05) is 24.3 Å². The third-order valence-corrected chi connectivity index (χ3v) is 12.3. The molecule has 2 aromatic carbocycles. The molecule has 0 unspecified atom stereocenters. The highest BCUT2D eigenvalue weighted by Crippen LogP contribution is 2.47. The molecule has 4 atom stereocenters. The zero-order valence-corrected chi connectivity index (χ0v) is 29.9. The van der Waals surface area contributed by atoms with E-state index in [-0.39, 0.29) is 29.4 Å². The van der Waals surface area contributed by atoms with Gasteiger partial charge in [0.2, 0.25) is 0 Å². The van der Waals surface area contributed by atoms with E-state index in [9.17, 15) is 18.0 Å². The Labute approximate surface area is 297 Å². The molecule has 2 aromatic rings. The van der Waals surface area contributed by atoms with Gasteiger partial charge in [0.1, 0.15) is 23.2 Å². The first-order chi connectivity index (χ1) is 23.9. The molecule has 4 aliphatic heterocycles. The Morgan fingerprint density at radius 1 is 1.04 bits per heavy atom. The average molecular weight is 730 g/mol. The van der Waals surface area contributed by atoms with E-state index in [0.717, 1.165) is 31.2 Å². The normalized spacial score (nSPS) is 29.8. The van der Waals surface area contributed by atoms with Crippen LogP contribution in [0, 0.1) is 11.8 Å². The standard InChI is InChI=1S/C36H44ClN3O9S/c1-35(2)33(41)39-50(43,44)26-7-10-31-29(19-26)40(21-36(22-47-31)13-17-46-32-18-24(37)6-9-28(32)36)20-23-5-8-27(23)30(4-3-14-48-35)49-34(42)38-25-11-15-45-16-12-25/h3-4,6-7,9-10,18-19,23,25,27,30H,5,8,11-17,20-22H2,1-2H3,(H,38,42)(H,39,41)/b4-3+/t23-,27+,30-,36-/m0/s1. The minimum Gasteiger partial charge on any atom is -0.493 e. The number of sulfonamides is 1. The third kappa shape index (κ3) is 7.15. The second-order valence-electron chi connectivity index (χ2n) is 14.4. The molecule has 1 saturated carbocycles. The number of carbonyl (C=O) groups is 2. The van der Waals surface area contributed by atoms with Gasteiger partial charge < -0.3 is 33.9 Å². The summed E-state index contributed by atoms with van der Waals surface area (Å²) in [5.74, 6) is 0.545. The molecular weight excluding hydrogens is 686 g/mol. The first-order valence-corrected chi connectivity index (χ1v) is 19.2. The van der Waals surface area contributed by atoms with Crippen molar-refractivity contribution in [2.24, 2.45) is 11.8 Å². The van der Waals surface area contributed by atoms with E-state index in [0.29, 0.717) is 68.1 Å². The molecule has 2 bridgehead atoms. The average Bonchev–Trinajstić information content (AvgIpc) is 3.21. The molecule has 1 saturated heterocycles. The van der Waals surface area contributed by atoms with Crippen LogP contribution in [0.15, 0.2) is 53.4 Å². The topological polar surface area (TPSA) is 142 Å². The maximum Gasteiger partial charge on any atom is 0.407 e. The van der Waals surface area contributed by atoms with Crippen molar-refractivity contribution >= 4 is 39.3 Å². The summed E-state index contributed by atoms with van der Waals surface area (Å²) < 4.78 is 59.4. The third-order valence-electron chi connectivity index (χ3n) is 10.7. The lowest BCUT2D eigenvalue weighted by atomic mass is 9.69. The van der Waals surface area contributed by atoms with Crippen LogP contribution in [0.5, 0.6) is 11.5 Å². The Morgan fingerprint density at radius 3 is 2.64 bits per heavy atom. The fraction of sp³-hybridized carbons (Fsp3) is 0.556. The molecule has 2 N–H and O–H groups in total. The van der Waals surface area contributed by atoms with Gasteiger partial charge in [-0.15, -0.1) is 0 Å². The van der Waals surface area contributed by atoms with Crippen LogP contribution in [-0.4, -0.2) is 84.3 Å². The Balaban J connectivity index is 1.25. The van der Waals surface area contributed by atoms with Crippen molar-refractivity contribution in [3.05, 3.63) is 59.1 Å². The molecule has 2 fully saturated rings. The summed E-state index contributed by atoms with van der Waals surface area (Å²) in [4.78, 5) is 28.6. The second-order valence-corrected chi connectivity index (χ2v) is 16.5. The zero-order chi connectivity index (χ0) is 35.1. The summed E-state index contributed by atoms with van der Waals surface area (Å²) in [6.45, 7) is 6.11. The molecule has 5 aliphatic rings. The number of hydrogen-bond acceptors (Lipinski definition) is 10. The van der Waals surface area contributed by atoms with Crippen LogP contribution in [-0.2, 0) is 34.4 Å². The molecule has 4 heterocycles. The summed E-state index contributed by atoms with van der Waals surface area (Å²) in [5, 5.41) is 3.58. The van der Waals surface area contributed by atoms with Crippen LogP contribution < -0.4 is 24.4 Å². The van der Waals surface area contributed by atoms with Gasteiger partial charge in [-0.2, -0.15) is 0 Å². The summed E-state index contributed by atoms with van der Waals surface area (Å²) in [7, 11) is -4.26. The summed E-state index contributed by atoms with van der Waals surface area (Å²) >= 11 is 6.36. The van der Waals surface area contributed by atoms with E-state index in [1.165, 1.54) is 19.9 Å². The number of anilines is 1. The quantitative estimate of drug-likeness (QED) is 0.417. The smallest absolute Gasteiger partial charge is 0.407 e. The number of carbonyl (C=O) groups excluding carboxylic acids is 2. The van der Waals surface area contributed by atoms with E-state index < -0.39 is 39.1 Å². The van der Waals surface area contributed by atoms with Gasteiger partial charge in [-0.1, -0.05) is 23.7 Å². The fourth-order valence-corrected chi connectivity index (χ4v) is 8.84. The highest BCUT2D eigenvalue weighted by molar-refractivity contribution is 7.90. The van der Waals surface area contributed by atoms with Crippen LogP contribution in [0.3, 0.4) is 0 Å². The Bertz CT molecular complexity index is 1760. The number of fused-ring (bicyclic) bond motifs is 4. The summed E-state index contributed by atoms with van der Waals surface area (Å²) in [5.41, 5.74) is -0.366. The summed E-state index contributed by atoms with van der Waals surface area (Å²) in [6.07, 6.45) is 6.40. The monoisotopic (exact) mass is 729 g/mol. The van der Waals surface area contributed by atoms with E-state index in [4.69, 9.17) is 35.3 Å². The molecule has 12 nitrogen and oxygen atoms in total. The van der Waals surface area contributed by atoms with Gasteiger partial charge in [0.25, 0.3) is 15.9 Å². The van der Waals surface area contributed by atoms with Crippen LogP contribution >= 0.6 is 11.6 Å². The number of alkyl carbamates (subject to hydrolysis) is 1. The van der Waals surface area contributed by atoms with Crippen molar-refractivity contribution in [2.75, 3.05) is 51.0 Å². The predicted octanol–water partition coefficient (Wildman–Crippen LogP) is 4.73. The number of nitrogens with one attached hydrogen (secondary N) is 2. The van der Waals surface area contributed by atoms with Crippen LogP contribution in [0.4, 0.5) is 10.5 Å². The first kappa shape index (κ1) is 34.9. The number of hydrogen-bond donors (Lipinski definition) is 2. The number of rotatable bonds is 2. The molecule has 270 valence electrons. The van der Waals surface area contributed by atoms with E-state index >= 15 is 0 Å². The highest BCUT2D eigenvalue weighted by atomic mass is 35.5. The SMILES string of the molecule is CC1(C)OC/C=C/[C@H](OC(=O)NC2CCOCC2)[C@@H]2CC[C@H]2CN2C[C@@]3(CCOc4cc(Cl)ccc43)COc3ccc(cc32)S(=O)(=O)NC1=O. The van der Waals surface area contributed by atoms with Gasteiger partial charge >= 0.3 is 6.09 Å². The predicted molar refractivity (Wildman–Crippen MR) is 185 cm³/mol. The van der Waals surface area contributed by atoms with Gasteiger partial charge in [0.05, 0.1) is 35.8 Å². The lowest BCUT2D eigenvalue weighted by Gasteiger charge is -2.45. The zero-order valence-electron chi connectivity index (χ0n) is 28.3. The van der Waals surface area contributed by atoms with E-state index in [1.54, 1.807) is 18.2 Å². The molecule has 2 amide bonds. The lowest BCUT2D eigenvalue weighted by Crippen LogP contribution is -2.51. The maximum atomic E-state index is 13.6. The van der Waals surface area contributed by atoms with Gasteiger partial charge in [-0.3, -0.25) is 4.79 Å². The largest absolute Gasteiger partial charge is 0.493 e. The van der Waals surface area contributed by atoms with Crippen molar-refractivity contribution in [3.63, 3.8) is 0 Å². The van der Waals surface area contributed by atoms with Crippen molar-refractivity contribution in [1.82, 2.24) is 10.0 Å². The first-order valence-electron chi connectivity index (χ1n) is 17.3. The minimum atomic E-state index is -4.26. The summed E-state index contributed by atoms with van der Waals surface area (Å²) in [6, 6.07) is 10.3. The molecular formula is C36H44ClN3O9S. The number of nitrogens with zero attached hydrogens (tertiary/aromatic N) is 1. The van der Waals surface area contributed by atoms with Crippen LogP contribution in [0.25, 0.3) is 0 Å². The van der Waals surface area contributed by atoms with Crippen molar-refractivity contribution in [1.29, 1.82) is 0 Å². The number of ether oxygens (including phenoxy) is 5. The number of benzene rings is 2. The van der Waals surface area contributed by atoms with Gasteiger partial charge in [0.15, 0.2) is 0 Å². The van der Waals surface area contributed by atoms with Crippen LogP contribution in [0.1, 0.15) is 51.5 Å². The van der Waals surface area contributed by atoms with Crippen molar-refractivity contribution in [3.8, 4) is 11.5 Å². The Hall–Kier alpha value is -3.52. The number of amides is 2. The Kier molecular flexibility index (Phi) is 9.70.